The van der Waals surface area contributed by atoms with E-state index in [1.807, 2.05) is 50.1 Å². The first-order valence-corrected chi connectivity index (χ1v) is 14.6. The molecule has 2 N–H and O–H groups in total. The first kappa shape index (κ1) is 29.9. The number of likely N-dealkylation sites (tertiary alicyclic amines) is 1. The minimum absolute atomic E-state index is 0.0253. The highest BCUT2D eigenvalue weighted by Gasteiger charge is 2.38. The van der Waals surface area contributed by atoms with Gasteiger partial charge in [0.05, 0.1) is 11.8 Å². The number of aromatic nitrogens is 3. The molecule has 0 radical (unpaired) electrons. The van der Waals surface area contributed by atoms with E-state index in [0.29, 0.717) is 44.1 Å². The predicted octanol–water partition coefficient (Wildman–Crippen LogP) is 5.21. The number of nitrogens with one attached hydrogen (secondary N) is 1. The van der Waals surface area contributed by atoms with Gasteiger partial charge in [0.25, 0.3) is 0 Å². The lowest BCUT2D eigenvalue weighted by molar-refractivity contribution is -0.141. The van der Waals surface area contributed by atoms with Crippen molar-refractivity contribution >= 4 is 16.9 Å². The lowest BCUT2D eigenvalue weighted by Gasteiger charge is -2.34. The van der Waals surface area contributed by atoms with Crippen LogP contribution >= 0.6 is 0 Å². The number of aromatic amines is 1. The Bertz CT molecular complexity index is 1690. The molecule has 4 aromatic rings. The Kier molecular flexibility index (Phi) is 7.97. The molecule has 5 heterocycles. The van der Waals surface area contributed by atoms with Crippen LogP contribution in [0.3, 0.4) is 0 Å². The molecular weight excluding hydrogens is 575 g/mol. The number of β-amino-alcohol motifs (C(OH)–C–C–N with tert-alkyl or cyclic N) is 1. The summed E-state index contributed by atoms with van der Waals surface area (Å²) in [5.41, 5.74) is 2.78. The van der Waals surface area contributed by atoms with Gasteiger partial charge in [0.15, 0.2) is 0 Å². The average molecular weight is 610 g/mol. The summed E-state index contributed by atoms with van der Waals surface area (Å²) in [4.78, 5) is 28.4. The Morgan fingerprint density at radius 1 is 1.16 bits per heavy atom. The summed E-state index contributed by atoms with van der Waals surface area (Å²) in [6.07, 6.45) is -3.43. The van der Waals surface area contributed by atoms with Gasteiger partial charge in [-0.2, -0.15) is 13.2 Å². The van der Waals surface area contributed by atoms with Crippen molar-refractivity contribution in [1.82, 2.24) is 24.8 Å². The molecule has 0 bridgehead atoms. The fourth-order valence-electron chi connectivity index (χ4n) is 6.03. The van der Waals surface area contributed by atoms with Crippen molar-refractivity contribution in [3.05, 3.63) is 76.7 Å². The maximum atomic E-state index is 14.0. The Balaban J connectivity index is 1.18. The number of likely N-dealkylation sites (N-methyl/N-ethyl adjacent to an activating group) is 1. The Labute approximate surface area is 252 Å². The van der Waals surface area contributed by atoms with Crippen LogP contribution in [0.15, 0.2) is 48.8 Å². The number of aliphatic hydroxyl groups is 1. The molecule has 0 spiro atoms. The predicted molar refractivity (Wildman–Crippen MR) is 157 cm³/mol. The minimum atomic E-state index is -4.74. The monoisotopic (exact) mass is 609 g/mol. The summed E-state index contributed by atoms with van der Waals surface area (Å²) < 4.78 is 53.9. The standard InChI is InChI=1S/C32H34F3N5O4/c1-18-15-40(16-21-13-22(4-5-23(18)21)43-27-6-8-36-30-24(27)10-19(2)38-30)29(42)12-20-11-25(32(33,34)35)31(37-14-20)44-28-7-9-39(3)17-26(28)41/h4-6,8,10-11,13-14,18,26,28,41H,7,9,12,15-17H2,1-3H3,(H,36,38). The van der Waals surface area contributed by atoms with Crippen molar-refractivity contribution in [2.75, 3.05) is 26.7 Å². The number of aliphatic hydroxyl groups excluding tert-OH is 1. The molecule has 3 atom stereocenters. The van der Waals surface area contributed by atoms with Crippen molar-refractivity contribution in [3.63, 3.8) is 0 Å². The van der Waals surface area contributed by atoms with E-state index < -0.39 is 29.8 Å². The summed E-state index contributed by atoms with van der Waals surface area (Å²) in [7, 11) is 1.82. The number of H-pyrrole nitrogens is 1. The topological polar surface area (TPSA) is 104 Å². The number of carbonyl (C=O) groups excluding carboxylic acids is 1. The molecule has 232 valence electrons. The zero-order chi connectivity index (χ0) is 31.2. The molecule has 2 aliphatic heterocycles. The number of fused-ring (bicyclic) bond motifs is 2. The number of hydrogen-bond acceptors (Lipinski definition) is 7. The minimum Gasteiger partial charge on any atom is -0.471 e. The van der Waals surface area contributed by atoms with Gasteiger partial charge in [0.2, 0.25) is 11.8 Å². The zero-order valence-corrected chi connectivity index (χ0v) is 24.7. The second-order valence-corrected chi connectivity index (χ2v) is 11.8. The van der Waals surface area contributed by atoms with Gasteiger partial charge in [-0.15, -0.1) is 0 Å². The molecule has 3 aromatic heterocycles. The van der Waals surface area contributed by atoms with Crippen LogP contribution in [0, 0.1) is 6.92 Å². The Morgan fingerprint density at radius 2 is 1.98 bits per heavy atom. The molecule has 6 rings (SSSR count). The third-order valence-corrected chi connectivity index (χ3v) is 8.26. The van der Waals surface area contributed by atoms with Crippen LogP contribution in [-0.2, 0) is 23.9 Å². The number of aryl methyl sites for hydroxylation is 1. The quantitative estimate of drug-likeness (QED) is 0.309. The second-order valence-electron chi connectivity index (χ2n) is 11.8. The van der Waals surface area contributed by atoms with Gasteiger partial charge in [-0.05, 0) is 73.3 Å². The van der Waals surface area contributed by atoms with E-state index >= 15 is 0 Å². The lowest BCUT2D eigenvalue weighted by Crippen LogP contribution is -2.47. The van der Waals surface area contributed by atoms with Gasteiger partial charge < -0.3 is 29.4 Å². The van der Waals surface area contributed by atoms with E-state index in [2.05, 4.69) is 15.0 Å². The maximum absolute atomic E-state index is 14.0. The van der Waals surface area contributed by atoms with Crippen molar-refractivity contribution in [1.29, 1.82) is 0 Å². The van der Waals surface area contributed by atoms with Crippen molar-refractivity contribution in [2.24, 2.45) is 0 Å². The number of carbonyl (C=O) groups is 1. The average Bonchev–Trinajstić information content (AvgIpc) is 3.35. The van der Waals surface area contributed by atoms with Gasteiger partial charge in [-0.1, -0.05) is 13.0 Å². The number of amides is 1. The van der Waals surface area contributed by atoms with Crippen molar-refractivity contribution < 1.29 is 32.5 Å². The number of ether oxygens (including phenoxy) is 2. The molecule has 1 fully saturated rings. The summed E-state index contributed by atoms with van der Waals surface area (Å²) in [6.45, 7) is 5.58. The summed E-state index contributed by atoms with van der Waals surface area (Å²) in [5.74, 6) is 0.401. The number of halogens is 3. The van der Waals surface area contributed by atoms with Gasteiger partial charge in [0, 0.05) is 44.3 Å². The molecule has 2 aliphatic rings. The number of benzene rings is 1. The van der Waals surface area contributed by atoms with E-state index in [-0.39, 0.29) is 23.8 Å². The molecule has 0 aliphatic carbocycles. The summed E-state index contributed by atoms with van der Waals surface area (Å²) in [5, 5.41) is 11.2. The van der Waals surface area contributed by atoms with Crippen molar-refractivity contribution in [2.45, 2.75) is 57.5 Å². The number of hydrogen-bond donors (Lipinski definition) is 2. The highest BCUT2D eigenvalue weighted by Crippen LogP contribution is 2.38. The summed E-state index contributed by atoms with van der Waals surface area (Å²) in [6, 6.07) is 10.5. The maximum Gasteiger partial charge on any atom is 0.421 e. The van der Waals surface area contributed by atoms with Gasteiger partial charge in [-0.25, -0.2) is 9.97 Å². The third-order valence-electron chi connectivity index (χ3n) is 8.26. The molecule has 3 unspecified atom stereocenters. The van der Waals surface area contributed by atoms with E-state index in [9.17, 15) is 23.1 Å². The Hall–Kier alpha value is -4.16. The fraction of sp³-hybridized carbons (Fsp3) is 0.406. The molecule has 44 heavy (non-hydrogen) atoms. The molecule has 1 aromatic carbocycles. The normalized spacial score (nSPS) is 20.9. The summed E-state index contributed by atoms with van der Waals surface area (Å²) >= 11 is 0. The third kappa shape index (κ3) is 6.22. The van der Waals surface area contributed by atoms with Crippen LogP contribution in [0.25, 0.3) is 11.0 Å². The highest BCUT2D eigenvalue weighted by atomic mass is 19.4. The lowest BCUT2D eigenvalue weighted by atomic mass is 9.90. The van der Waals surface area contributed by atoms with E-state index in [1.165, 1.54) is 6.20 Å². The molecule has 12 heteroatoms. The van der Waals surface area contributed by atoms with Crippen LogP contribution in [-0.4, -0.2) is 74.7 Å². The van der Waals surface area contributed by atoms with Gasteiger partial charge >= 0.3 is 6.18 Å². The van der Waals surface area contributed by atoms with Crippen LogP contribution in [0.1, 0.15) is 47.2 Å². The molecule has 1 saturated heterocycles. The molecular formula is C32H34F3N5O4. The number of alkyl halides is 3. The van der Waals surface area contributed by atoms with E-state index in [0.717, 1.165) is 33.9 Å². The van der Waals surface area contributed by atoms with Crippen LogP contribution in [0.5, 0.6) is 17.4 Å². The Morgan fingerprint density at radius 3 is 2.75 bits per heavy atom. The van der Waals surface area contributed by atoms with Crippen LogP contribution in [0.2, 0.25) is 0 Å². The second kappa shape index (κ2) is 11.7. The molecule has 1 amide bonds. The van der Waals surface area contributed by atoms with Crippen LogP contribution < -0.4 is 9.47 Å². The van der Waals surface area contributed by atoms with Crippen LogP contribution in [0.4, 0.5) is 13.2 Å². The number of nitrogens with zero attached hydrogens (tertiary/aromatic N) is 4. The first-order chi connectivity index (χ1) is 20.9. The van der Waals surface area contributed by atoms with Gasteiger partial charge in [-0.3, -0.25) is 4.79 Å². The fourth-order valence-corrected chi connectivity index (χ4v) is 6.03. The van der Waals surface area contributed by atoms with Crippen molar-refractivity contribution in [3.8, 4) is 17.4 Å². The highest BCUT2D eigenvalue weighted by molar-refractivity contribution is 5.83. The van der Waals surface area contributed by atoms with E-state index in [4.69, 9.17) is 9.47 Å². The zero-order valence-electron chi connectivity index (χ0n) is 24.7. The molecule has 9 nitrogen and oxygen atoms in total. The smallest absolute Gasteiger partial charge is 0.421 e. The largest absolute Gasteiger partial charge is 0.471 e. The molecule has 0 saturated carbocycles. The number of pyridine rings is 2. The number of rotatable bonds is 6. The first-order valence-electron chi connectivity index (χ1n) is 14.6. The van der Waals surface area contributed by atoms with Gasteiger partial charge in [0.1, 0.15) is 34.9 Å². The van der Waals surface area contributed by atoms with E-state index in [1.54, 1.807) is 17.2 Å². The number of piperidine rings is 1. The SMILES string of the molecule is Cc1cc2c(Oc3ccc4c(c3)CN(C(=O)Cc3cnc(OC5CCN(C)CC5O)c(C(F)(F)F)c3)CC4C)ccnc2[nH]1.